The number of ketones is 1. The van der Waals surface area contributed by atoms with Gasteiger partial charge < -0.3 is 4.74 Å². The summed E-state index contributed by atoms with van der Waals surface area (Å²) in [5.41, 5.74) is 3.30. The zero-order chi connectivity index (χ0) is 19.3. The Morgan fingerprint density at radius 1 is 1.07 bits per heavy atom. The average Bonchev–Trinajstić information content (AvgIpc) is 3.42. The van der Waals surface area contributed by atoms with Crippen molar-refractivity contribution in [3.63, 3.8) is 0 Å². The molecule has 5 heteroatoms. The first kappa shape index (κ1) is 17.9. The molecule has 0 unspecified atom stereocenters. The third-order valence-corrected chi connectivity index (χ3v) is 5.16. The van der Waals surface area contributed by atoms with Gasteiger partial charge in [0.05, 0.1) is 17.7 Å². The monoisotopic (exact) mass is 386 g/mol. The molecule has 0 atom stereocenters. The number of hydrogen-bond acceptors (Lipinski definition) is 4. The van der Waals surface area contributed by atoms with Crippen molar-refractivity contribution in [3.05, 3.63) is 95.5 Å². The molecular formula is C23H18N2O2S. The number of aromatic nitrogens is 2. The van der Waals surface area contributed by atoms with Crippen molar-refractivity contribution >= 4 is 23.2 Å². The first-order valence-electron chi connectivity index (χ1n) is 8.80. The van der Waals surface area contributed by atoms with Gasteiger partial charge in [0.2, 0.25) is 0 Å². The Kier molecular flexibility index (Phi) is 5.17. The molecule has 0 fully saturated rings. The van der Waals surface area contributed by atoms with Gasteiger partial charge in [0.1, 0.15) is 11.4 Å². The van der Waals surface area contributed by atoms with Crippen LogP contribution in [0, 0.1) is 0 Å². The molecular weight excluding hydrogens is 368 g/mol. The number of ether oxygens (including phenoxy) is 1. The third-order valence-electron chi connectivity index (χ3n) is 4.29. The fourth-order valence-electron chi connectivity index (χ4n) is 2.87. The zero-order valence-corrected chi connectivity index (χ0v) is 16.1. The van der Waals surface area contributed by atoms with E-state index in [9.17, 15) is 4.79 Å². The van der Waals surface area contributed by atoms with Gasteiger partial charge in [0.15, 0.2) is 5.78 Å². The molecule has 0 aliphatic carbocycles. The molecule has 138 valence electrons. The van der Waals surface area contributed by atoms with Crippen molar-refractivity contribution in [1.29, 1.82) is 0 Å². The number of para-hydroxylation sites is 1. The fourth-order valence-corrected chi connectivity index (χ4v) is 3.60. The van der Waals surface area contributed by atoms with Crippen LogP contribution in [0.15, 0.2) is 84.4 Å². The Balaban J connectivity index is 1.69. The highest BCUT2D eigenvalue weighted by atomic mass is 32.1. The molecule has 0 saturated heterocycles. The Bertz CT molecular complexity index is 1110. The van der Waals surface area contributed by atoms with E-state index in [1.165, 1.54) is 0 Å². The van der Waals surface area contributed by atoms with Gasteiger partial charge in [0.25, 0.3) is 0 Å². The van der Waals surface area contributed by atoms with Gasteiger partial charge in [-0.05, 0) is 47.9 Å². The van der Waals surface area contributed by atoms with E-state index in [2.05, 4.69) is 0 Å². The van der Waals surface area contributed by atoms with Crippen molar-refractivity contribution in [1.82, 2.24) is 9.78 Å². The first-order valence-corrected chi connectivity index (χ1v) is 9.68. The lowest BCUT2D eigenvalue weighted by molar-refractivity contribution is 0.104. The third kappa shape index (κ3) is 3.80. The molecule has 0 radical (unpaired) electrons. The van der Waals surface area contributed by atoms with Gasteiger partial charge >= 0.3 is 0 Å². The van der Waals surface area contributed by atoms with Crippen molar-refractivity contribution in [2.24, 2.45) is 0 Å². The van der Waals surface area contributed by atoms with Gasteiger partial charge in [-0.15, -0.1) is 11.3 Å². The van der Waals surface area contributed by atoms with E-state index in [0.29, 0.717) is 11.3 Å². The molecule has 0 saturated carbocycles. The molecule has 0 bridgehead atoms. The van der Waals surface area contributed by atoms with Crippen LogP contribution in [0.3, 0.4) is 0 Å². The summed E-state index contributed by atoms with van der Waals surface area (Å²) >= 11 is 1.62. The van der Waals surface area contributed by atoms with Crippen LogP contribution in [0.2, 0.25) is 0 Å². The van der Waals surface area contributed by atoms with Gasteiger partial charge in [-0.3, -0.25) is 4.79 Å². The van der Waals surface area contributed by atoms with Crippen LogP contribution in [0.4, 0.5) is 0 Å². The first-order chi connectivity index (χ1) is 13.7. The second-order valence-electron chi connectivity index (χ2n) is 6.12. The van der Waals surface area contributed by atoms with E-state index >= 15 is 0 Å². The molecule has 4 rings (SSSR count). The van der Waals surface area contributed by atoms with Crippen molar-refractivity contribution < 1.29 is 9.53 Å². The lowest BCUT2D eigenvalue weighted by atomic mass is 10.1. The molecule has 0 aliphatic heterocycles. The predicted molar refractivity (Wildman–Crippen MR) is 113 cm³/mol. The van der Waals surface area contributed by atoms with Gasteiger partial charge in [-0.2, -0.15) is 5.10 Å². The van der Waals surface area contributed by atoms with Crippen molar-refractivity contribution in [2.75, 3.05) is 7.11 Å². The largest absolute Gasteiger partial charge is 0.497 e. The lowest BCUT2D eigenvalue weighted by Crippen LogP contribution is -1.94. The lowest BCUT2D eigenvalue weighted by Gasteiger charge is -2.01. The summed E-state index contributed by atoms with van der Waals surface area (Å²) < 4.78 is 7.04. The molecule has 0 N–H and O–H groups in total. The van der Waals surface area contributed by atoms with Crippen LogP contribution in [0.25, 0.3) is 22.3 Å². The molecule has 28 heavy (non-hydrogen) atoms. The topological polar surface area (TPSA) is 44.1 Å². The molecule has 4 nitrogen and oxygen atoms in total. The summed E-state index contributed by atoms with van der Waals surface area (Å²) in [6.07, 6.45) is 5.35. The highest BCUT2D eigenvalue weighted by Crippen LogP contribution is 2.28. The molecule has 2 heterocycles. The summed E-state index contributed by atoms with van der Waals surface area (Å²) in [5, 5.41) is 6.77. The number of rotatable bonds is 6. The van der Waals surface area contributed by atoms with E-state index in [1.54, 1.807) is 36.7 Å². The second kappa shape index (κ2) is 8.06. The quantitative estimate of drug-likeness (QED) is 0.324. The minimum atomic E-state index is -0.0801. The molecule has 2 aromatic carbocycles. The number of benzene rings is 2. The molecule has 0 amide bonds. The fraction of sp³-hybridized carbons (Fsp3) is 0.0435. The Hall–Kier alpha value is -3.44. The molecule has 2 aromatic heterocycles. The highest BCUT2D eigenvalue weighted by Gasteiger charge is 2.12. The van der Waals surface area contributed by atoms with E-state index in [4.69, 9.17) is 9.84 Å². The van der Waals surface area contributed by atoms with E-state index in [1.807, 2.05) is 76.9 Å². The average molecular weight is 386 g/mol. The van der Waals surface area contributed by atoms with Crippen LogP contribution in [0.5, 0.6) is 5.75 Å². The van der Waals surface area contributed by atoms with Crippen LogP contribution >= 0.6 is 11.3 Å². The van der Waals surface area contributed by atoms with E-state index in [-0.39, 0.29) is 5.78 Å². The zero-order valence-electron chi connectivity index (χ0n) is 15.3. The SMILES string of the molecule is COc1cccc(C(=O)/C=C/c2cn(-c3ccccc3)nc2-c2cccs2)c1. The summed E-state index contributed by atoms with van der Waals surface area (Å²) in [4.78, 5) is 13.7. The minimum Gasteiger partial charge on any atom is -0.497 e. The number of thiophene rings is 1. The van der Waals surface area contributed by atoms with Crippen LogP contribution in [-0.4, -0.2) is 22.7 Å². The number of nitrogens with zero attached hydrogens (tertiary/aromatic N) is 2. The maximum atomic E-state index is 12.6. The van der Waals surface area contributed by atoms with Gasteiger partial charge in [-0.25, -0.2) is 4.68 Å². The standard InChI is InChI=1S/C23H18N2O2S/c1-27-20-10-5-7-17(15-20)21(26)13-12-18-16-25(19-8-3-2-4-9-19)24-23(18)22-11-6-14-28-22/h2-16H,1H3/b13-12+. The van der Waals surface area contributed by atoms with Crippen LogP contribution in [0.1, 0.15) is 15.9 Å². The Labute approximate surface area is 167 Å². The Morgan fingerprint density at radius 3 is 2.68 bits per heavy atom. The molecule has 0 spiro atoms. The highest BCUT2D eigenvalue weighted by molar-refractivity contribution is 7.13. The smallest absolute Gasteiger partial charge is 0.185 e. The number of hydrogen-bond donors (Lipinski definition) is 0. The van der Waals surface area contributed by atoms with Crippen molar-refractivity contribution in [3.8, 4) is 22.0 Å². The van der Waals surface area contributed by atoms with Crippen LogP contribution in [-0.2, 0) is 0 Å². The van der Waals surface area contributed by atoms with Gasteiger partial charge in [0, 0.05) is 17.3 Å². The number of allylic oxidation sites excluding steroid dienone is 1. The summed E-state index contributed by atoms with van der Waals surface area (Å²) in [6, 6.07) is 21.1. The van der Waals surface area contributed by atoms with E-state index in [0.717, 1.165) is 21.8 Å². The van der Waals surface area contributed by atoms with Crippen molar-refractivity contribution in [2.45, 2.75) is 0 Å². The summed E-state index contributed by atoms with van der Waals surface area (Å²) in [7, 11) is 1.59. The number of carbonyl (C=O) groups excluding carboxylic acids is 1. The molecule has 4 aromatic rings. The molecule has 0 aliphatic rings. The summed E-state index contributed by atoms with van der Waals surface area (Å²) in [6.45, 7) is 0. The van der Waals surface area contributed by atoms with Crippen LogP contribution < -0.4 is 4.74 Å². The Morgan fingerprint density at radius 2 is 1.93 bits per heavy atom. The number of carbonyl (C=O) groups is 1. The minimum absolute atomic E-state index is 0.0801. The maximum Gasteiger partial charge on any atom is 0.185 e. The number of methoxy groups -OCH3 is 1. The summed E-state index contributed by atoms with van der Waals surface area (Å²) in [5.74, 6) is 0.582. The van der Waals surface area contributed by atoms with E-state index < -0.39 is 0 Å². The van der Waals surface area contributed by atoms with Gasteiger partial charge in [-0.1, -0.05) is 36.4 Å². The second-order valence-corrected chi connectivity index (χ2v) is 7.07. The predicted octanol–water partition coefficient (Wildman–Crippen LogP) is 5.51. The maximum absolute atomic E-state index is 12.6. The normalized spacial score (nSPS) is 11.0.